The highest BCUT2D eigenvalue weighted by atomic mass is 16.5. The Hall–Kier alpha value is -2.50. The van der Waals surface area contributed by atoms with Gasteiger partial charge in [0.1, 0.15) is 6.54 Å². The minimum absolute atomic E-state index is 0.272. The number of Topliss-reactive ketones (excluding diaryl/α,β-unsaturated/α-hetero) is 1. The number of ether oxygens (including phenoxy) is 1. The van der Waals surface area contributed by atoms with Gasteiger partial charge in [-0.1, -0.05) is 25.0 Å². The van der Waals surface area contributed by atoms with Gasteiger partial charge in [-0.3, -0.25) is 24.1 Å². The van der Waals surface area contributed by atoms with Crippen molar-refractivity contribution in [3.63, 3.8) is 0 Å². The molecule has 6 heteroatoms. The fraction of sp³-hybridized carbons (Fsp3) is 0.524. The van der Waals surface area contributed by atoms with Gasteiger partial charge in [-0.15, -0.1) is 0 Å². The van der Waals surface area contributed by atoms with Gasteiger partial charge in [-0.2, -0.15) is 0 Å². The maximum absolute atomic E-state index is 12.4. The van der Waals surface area contributed by atoms with E-state index in [2.05, 4.69) is 0 Å². The van der Waals surface area contributed by atoms with E-state index in [0.717, 1.165) is 37.0 Å². The molecule has 1 heterocycles. The molecule has 2 fully saturated rings. The van der Waals surface area contributed by atoms with E-state index < -0.39 is 12.5 Å². The normalized spacial score (nSPS) is 23.9. The summed E-state index contributed by atoms with van der Waals surface area (Å²) < 4.78 is 5.06. The first kappa shape index (κ1) is 17.9. The number of hydrogen-bond acceptors (Lipinski definition) is 5. The fourth-order valence-electron chi connectivity index (χ4n) is 4.54. The number of esters is 1. The molecule has 0 aromatic heterocycles. The van der Waals surface area contributed by atoms with Gasteiger partial charge in [-0.05, 0) is 49.3 Å². The molecule has 0 unspecified atom stereocenters. The van der Waals surface area contributed by atoms with Crippen LogP contribution in [-0.4, -0.2) is 41.6 Å². The zero-order valence-electron chi connectivity index (χ0n) is 15.2. The van der Waals surface area contributed by atoms with E-state index in [0.29, 0.717) is 18.4 Å². The second kappa shape index (κ2) is 7.25. The highest BCUT2D eigenvalue weighted by Gasteiger charge is 2.48. The van der Waals surface area contributed by atoms with Gasteiger partial charge in [0, 0.05) is 5.56 Å². The number of fused-ring (bicyclic) bond motifs is 2. The molecule has 1 aliphatic heterocycles. The molecule has 27 heavy (non-hydrogen) atoms. The third-order valence-corrected chi connectivity index (χ3v) is 6.00. The van der Waals surface area contributed by atoms with Crippen LogP contribution in [0.3, 0.4) is 0 Å². The van der Waals surface area contributed by atoms with Crippen molar-refractivity contribution in [3.05, 3.63) is 34.9 Å². The Bertz CT molecular complexity index is 791. The zero-order valence-corrected chi connectivity index (χ0v) is 15.2. The van der Waals surface area contributed by atoms with Crippen molar-refractivity contribution < 1.29 is 23.9 Å². The summed E-state index contributed by atoms with van der Waals surface area (Å²) in [6, 6.07) is 5.59. The molecule has 0 N–H and O–H groups in total. The quantitative estimate of drug-likeness (QED) is 0.451. The minimum Gasteiger partial charge on any atom is -0.456 e. The summed E-state index contributed by atoms with van der Waals surface area (Å²) in [4.78, 5) is 50.2. The summed E-state index contributed by atoms with van der Waals surface area (Å²) in [5.74, 6) is -2.10. The van der Waals surface area contributed by atoms with Crippen LogP contribution in [0.4, 0.5) is 0 Å². The van der Waals surface area contributed by atoms with E-state index in [1.165, 1.54) is 11.1 Å². The summed E-state index contributed by atoms with van der Waals surface area (Å²) in [5.41, 5.74) is 2.99. The summed E-state index contributed by atoms with van der Waals surface area (Å²) in [5, 5.41) is 0. The molecule has 2 atom stereocenters. The molecule has 1 aromatic rings. The Morgan fingerprint density at radius 2 is 1.63 bits per heavy atom. The number of rotatable bonds is 5. The number of nitrogens with zero attached hydrogens (tertiary/aromatic N) is 1. The van der Waals surface area contributed by atoms with Crippen LogP contribution < -0.4 is 0 Å². The Balaban J connectivity index is 1.32. The Morgan fingerprint density at radius 1 is 0.963 bits per heavy atom. The number of carbonyl (C=O) groups is 4. The van der Waals surface area contributed by atoms with Gasteiger partial charge in [0.2, 0.25) is 11.8 Å². The SMILES string of the molecule is O=C(CN1C(=O)[C@H]2CCCC[C@H]2C1=O)OCC(=O)c1ccc2c(c1)CCC2. The van der Waals surface area contributed by atoms with Crippen LogP contribution in [0.1, 0.15) is 53.6 Å². The largest absolute Gasteiger partial charge is 0.456 e. The van der Waals surface area contributed by atoms with Crippen LogP contribution in [0.15, 0.2) is 18.2 Å². The van der Waals surface area contributed by atoms with E-state index in [-0.39, 0.29) is 36.0 Å². The fourth-order valence-corrected chi connectivity index (χ4v) is 4.54. The Kier molecular flexibility index (Phi) is 4.81. The van der Waals surface area contributed by atoms with Crippen molar-refractivity contribution in [2.24, 2.45) is 11.8 Å². The van der Waals surface area contributed by atoms with E-state index in [1.54, 1.807) is 6.07 Å². The third kappa shape index (κ3) is 3.40. The molecular formula is C21H23NO5. The predicted octanol–water partition coefficient (Wildman–Crippen LogP) is 2.08. The van der Waals surface area contributed by atoms with Gasteiger partial charge < -0.3 is 4.74 Å². The standard InChI is InChI=1S/C21H23NO5/c23-18(15-9-8-13-4-3-5-14(13)10-15)12-27-19(24)11-22-20(25)16-6-1-2-7-17(16)21(22)26/h8-10,16-17H,1-7,11-12H2/t16-,17+. The topological polar surface area (TPSA) is 80.8 Å². The first-order valence-corrected chi connectivity index (χ1v) is 9.70. The van der Waals surface area contributed by atoms with Crippen LogP contribution in [0.2, 0.25) is 0 Å². The van der Waals surface area contributed by atoms with Gasteiger partial charge in [0.25, 0.3) is 0 Å². The summed E-state index contributed by atoms with van der Waals surface area (Å²) >= 11 is 0. The molecule has 142 valence electrons. The average Bonchev–Trinajstić information content (AvgIpc) is 3.25. The molecule has 1 saturated heterocycles. The van der Waals surface area contributed by atoms with Crippen molar-refractivity contribution in [3.8, 4) is 0 Å². The van der Waals surface area contributed by atoms with Gasteiger partial charge in [-0.25, -0.2) is 0 Å². The number of amides is 2. The molecule has 3 aliphatic rings. The monoisotopic (exact) mass is 369 g/mol. The molecule has 0 bridgehead atoms. The molecular weight excluding hydrogens is 346 g/mol. The van der Waals surface area contributed by atoms with Gasteiger partial charge >= 0.3 is 5.97 Å². The molecule has 2 amide bonds. The molecule has 6 nitrogen and oxygen atoms in total. The second-order valence-corrected chi connectivity index (χ2v) is 7.68. The predicted molar refractivity (Wildman–Crippen MR) is 95.9 cm³/mol. The van der Waals surface area contributed by atoms with E-state index >= 15 is 0 Å². The maximum atomic E-state index is 12.4. The van der Waals surface area contributed by atoms with Crippen molar-refractivity contribution in [2.45, 2.75) is 44.9 Å². The van der Waals surface area contributed by atoms with Crippen molar-refractivity contribution in [1.29, 1.82) is 0 Å². The molecule has 4 rings (SSSR count). The summed E-state index contributed by atoms with van der Waals surface area (Å²) in [6.07, 6.45) is 6.40. The summed E-state index contributed by atoms with van der Waals surface area (Å²) in [7, 11) is 0. The van der Waals surface area contributed by atoms with Crippen molar-refractivity contribution in [2.75, 3.05) is 13.2 Å². The van der Waals surface area contributed by atoms with E-state index in [1.807, 2.05) is 12.1 Å². The number of imide groups is 1. The van der Waals surface area contributed by atoms with Crippen LogP contribution in [0.25, 0.3) is 0 Å². The lowest BCUT2D eigenvalue weighted by atomic mass is 9.81. The number of hydrogen-bond donors (Lipinski definition) is 0. The van der Waals surface area contributed by atoms with E-state index in [9.17, 15) is 19.2 Å². The minimum atomic E-state index is -0.718. The number of likely N-dealkylation sites (tertiary alicyclic amines) is 1. The first-order chi connectivity index (χ1) is 13.0. The smallest absolute Gasteiger partial charge is 0.326 e. The van der Waals surface area contributed by atoms with Crippen molar-refractivity contribution in [1.82, 2.24) is 4.90 Å². The second-order valence-electron chi connectivity index (χ2n) is 7.68. The number of aryl methyl sites for hydroxylation is 2. The molecule has 1 aromatic carbocycles. The molecule has 0 spiro atoms. The number of ketones is 1. The maximum Gasteiger partial charge on any atom is 0.326 e. The van der Waals surface area contributed by atoms with Gasteiger partial charge in [0.05, 0.1) is 11.8 Å². The molecule has 2 aliphatic carbocycles. The Labute approximate surface area is 157 Å². The number of carbonyl (C=O) groups excluding carboxylic acids is 4. The van der Waals surface area contributed by atoms with Crippen LogP contribution in [0.5, 0.6) is 0 Å². The Morgan fingerprint density at radius 3 is 2.33 bits per heavy atom. The lowest BCUT2D eigenvalue weighted by Gasteiger charge is -2.19. The zero-order chi connectivity index (χ0) is 19.0. The molecule has 1 saturated carbocycles. The van der Waals surface area contributed by atoms with Crippen molar-refractivity contribution >= 4 is 23.6 Å². The summed E-state index contributed by atoms with van der Waals surface area (Å²) in [6.45, 7) is -0.775. The highest BCUT2D eigenvalue weighted by molar-refractivity contribution is 6.07. The van der Waals surface area contributed by atoms with Crippen LogP contribution in [0, 0.1) is 11.8 Å². The van der Waals surface area contributed by atoms with E-state index in [4.69, 9.17) is 4.74 Å². The third-order valence-electron chi connectivity index (χ3n) is 6.00. The molecule has 0 radical (unpaired) electrons. The van der Waals surface area contributed by atoms with Crippen LogP contribution in [-0.2, 0) is 32.0 Å². The van der Waals surface area contributed by atoms with Crippen LogP contribution >= 0.6 is 0 Å². The highest BCUT2D eigenvalue weighted by Crippen LogP contribution is 2.37. The van der Waals surface area contributed by atoms with Gasteiger partial charge in [0.15, 0.2) is 12.4 Å². The lowest BCUT2D eigenvalue weighted by Crippen LogP contribution is -2.37. The first-order valence-electron chi connectivity index (χ1n) is 9.70. The number of benzene rings is 1. The lowest BCUT2D eigenvalue weighted by molar-refractivity contribution is -0.152. The average molecular weight is 369 g/mol.